The minimum Gasteiger partial charge on any atom is -0.480 e. The van der Waals surface area contributed by atoms with E-state index in [0.717, 1.165) is 32.1 Å². The van der Waals surface area contributed by atoms with Crippen molar-refractivity contribution in [2.45, 2.75) is 58.5 Å². The Hall–Kier alpha value is -3.43. The number of aryl methyl sites for hydroxylation is 1. The number of anilines is 2. The number of fused-ring (bicyclic) bond motifs is 1. The number of halogens is 1. The SMILES string of the molecule is CCn1cc(C(=O)NCC(=O)O)c(=O)c2c(NC(C)=O)c(F)c(NC3CCCCC3)cc21. The first-order valence-corrected chi connectivity index (χ1v) is 10.7. The van der Waals surface area contributed by atoms with E-state index in [1.165, 1.54) is 19.2 Å². The molecule has 1 fully saturated rings. The topological polar surface area (TPSA) is 130 Å². The van der Waals surface area contributed by atoms with Crippen LogP contribution in [0.5, 0.6) is 0 Å². The Kier molecular flexibility index (Phi) is 7.12. The highest BCUT2D eigenvalue weighted by atomic mass is 19.1. The standard InChI is InChI=1S/C22H27FN4O5/c1-3-27-11-14(22(32)24-10-17(29)30)21(31)18-16(27)9-15(19(23)20(18)25-12(2)28)26-13-7-5-4-6-8-13/h9,11,13,26H,3-8,10H2,1-2H3,(H,24,32)(H,25,28)(H,29,30). The Bertz CT molecular complexity index is 1120. The molecule has 0 saturated heterocycles. The Labute approximate surface area is 184 Å². The Morgan fingerprint density at radius 3 is 2.50 bits per heavy atom. The van der Waals surface area contributed by atoms with Gasteiger partial charge in [-0.3, -0.25) is 19.2 Å². The number of benzene rings is 1. The van der Waals surface area contributed by atoms with Crippen molar-refractivity contribution in [3.8, 4) is 0 Å². The smallest absolute Gasteiger partial charge is 0.322 e. The third-order valence-corrected chi connectivity index (χ3v) is 5.56. The van der Waals surface area contributed by atoms with Crippen LogP contribution in [-0.2, 0) is 16.1 Å². The molecule has 9 nitrogen and oxygen atoms in total. The molecule has 1 aromatic heterocycles. The van der Waals surface area contributed by atoms with Gasteiger partial charge in [-0.1, -0.05) is 19.3 Å². The summed E-state index contributed by atoms with van der Waals surface area (Å²) in [5.74, 6) is -3.50. The van der Waals surface area contributed by atoms with Crippen molar-refractivity contribution in [1.82, 2.24) is 9.88 Å². The first-order valence-electron chi connectivity index (χ1n) is 10.7. The lowest BCUT2D eigenvalue weighted by atomic mass is 9.95. The maximum absolute atomic E-state index is 15.5. The van der Waals surface area contributed by atoms with E-state index in [4.69, 9.17) is 5.11 Å². The summed E-state index contributed by atoms with van der Waals surface area (Å²) in [6.07, 6.45) is 6.34. The van der Waals surface area contributed by atoms with Crippen LogP contribution in [0.4, 0.5) is 15.8 Å². The molecule has 3 rings (SSSR count). The summed E-state index contributed by atoms with van der Waals surface area (Å²) in [7, 11) is 0. The third kappa shape index (κ3) is 4.90. The van der Waals surface area contributed by atoms with E-state index >= 15 is 4.39 Å². The molecule has 10 heteroatoms. The highest BCUT2D eigenvalue weighted by Gasteiger charge is 2.24. The van der Waals surface area contributed by atoms with Crippen molar-refractivity contribution >= 4 is 40.1 Å². The fourth-order valence-corrected chi connectivity index (χ4v) is 4.06. The fraction of sp³-hybridized carbons (Fsp3) is 0.455. The lowest BCUT2D eigenvalue weighted by Gasteiger charge is -2.25. The number of aromatic nitrogens is 1. The van der Waals surface area contributed by atoms with Crippen molar-refractivity contribution in [3.05, 3.63) is 33.9 Å². The molecule has 1 aromatic carbocycles. The molecule has 1 heterocycles. The number of hydrogen-bond acceptors (Lipinski definition) is 5. The van der Waals surface area contributed by atoms with Gasteiger partial charge in [0.2, 0.25) is 11.3 Å². The van der Waals surface area contributed by atoms with E-state index in [9.17, 15) is 19.2 Å². The van der Waals surface area contributed by atoms with Gasteiger partial charge in [-0.25, -0.2) is 4.39 Å². The van der Waals surface area contributed by atoms with Gasteiger partial charge in [0.15, 0.2) is 5.82 Å². The van der Waals surface area contributed by atoms with Crippen molar-refractivity contribution in [1.29, 1.82) is 0 Å². The summed E-state index contributed by atoms with van der Waals surface area (Å²) in [4.78, 5) is 48.2. The van der Waals surface area contributed by atoms with Crippen molar-refractivity contribution < 1.29 is 23.9 Å². The van der Waals surface area contributed by atoms with Crippen LogP contribution in [-0.4, -0.2) is 40.0 Å². The highest BCUT2D eigenvalue weighted by Crippen LogP contribution is 2.33. The van der Waals surface area contributed by atoms with Crippen LogP contribution in [0, 0.1) is 5.82 Å². The van der Waals surface area contributed by atoms with E-state index < -0.39 is 35.6 Å². The fourth-order valence-electron chi connectivity index (χ4n) is 4.06. The molecule has 0 unspecified atom stereocenters. The molecule has 0 spiro atoms. The molecule has 0 atom stereocenters. The van der Waals surface area contributed by atoms with Crippen LogP contribution < -0.4 is 21.4 Å². The van der Waals surface area contributed by atoms with E-state index in [1.54, 1.807) is 11.5 Å². The number of rotatable bonds is 7. The molecule has 32 heavy (non-hydrogen) atoms. The Morgan fingerprint density at radius 1 is 1.22 bits per heavy atom. The van der Waals surface area contributed by atoms with E-state index in [-0.39, 0.29) is 28.4 Å². The largest absolute Gasteiger partial charge is 0.480 e. The van der Waals surface area contributed by atoms with Gasteiger partial charge < -0.3 is 25.6 Å². The van der Waals surface area contributed by atoms with Crippen molar-refractivity contribution in [2.24, 2.45) is 0 Å². The van der Waals surface area contributed by atoms with Crippen molar-refractivity contribution in [2.75, 3.05) is 17.2 Å². The van der Waals surface area contributed by atoms with Gasteiger partial charge in [0, 0.05) is 25.7 Å². The molecule has 1 saturated carbocycles. The number of nitrogens with one attached hydrogen (secondary N) is 3. The normalized spacial score (nSPS) is 14.2. The molecule has 0 aliphatic heterocycles. The summed E-state index contributed by atoms with van der Waals surface area (Å²) in [5, 5.41) is 16.4. The number of hydrogen-bond donors (Lipinski definition) is 4. The number of amides is 2. The molecule has 0 radical (unpaired) electrons. The minimum absolute atomic E-state index is 0.0868. The number of pyridine rings is 1. The number of carbonyl (C=O) groups excluding carboxylic acids is 2. The van der Waals surface area contributed by atoms with Gasteiger partial charge in [-0.15, -0.1) is 0 Å². The van der Waals surface area contributed by atoms with Crippen LogP contribution in [0.3, 0.4) is 0 Å². The van der Waals surface area contributed by atoms with E-state index in [1.807, 2.05) is 0 Å². The maximum Gasteiger partial charge on any atom is 0.322 e. The molecule has 1 aliphatic carbocycles. The number of carboxylic acid groups (broad SMARTS) is 1. The number of nitrogens with zero attached hydrogens (tertiary/aromatic N) is 1. The van der Waals surface area contributed by atoms with E-state index in [0.29, 0.717) is 12.1 Å². The van der Waals surface area contributed by atoms with Crippen LogP contribution in [0.25, 0.3) is 10.9 Å². The summed E-state index contributed by atoms with van der Waals surface area (Å²) in [5.41, 5.74) is -0.888. The Balaban J connectivity index is 2.20. The monoisotopic (exact) mass is 446 g/mol. The van der Waals surface area contributed by atoms with Gasteiger partial charge >= 0.3 is 5.97 Å². The molecule has 2 amide bonds. The second kappa shape index (κ2) is 9.80. The van der Waals surface area contributed by atoms with Crippen molar-refractivity contribution in [3.63, 3.8) is 0 Å². The molecule has 1 aliphatic rings. The third-order valence-electron chi connectivity index (χ3n) is 5.56. The van der Waals surface area contributed by atoms with Gasteiger partial charge in [-0.05, 0) is 25.8 Å². The average Bonchev–Trinajstić information content (AvgIpc) is 2.75. The predicted molar refractivity (Wildman–Crippen MR) is 119 cm³/mol. The highest BCUT2D eigenvalue weighted by molar-refractivity contribution is 6.06. The summed E-state index contributed by atoms with van der Waals surface area (Å²) >= 11 is 0. The summed E-state index contributed by atoms with van der Waals surface area (Å²) < 4.78 is 17.1. The molecule has 0 bridgehead atoms. The summed E-state index contributed by atoms with van der Waals surface area (Å²) in [6.45, 7) is 2.68. The van der Waals surface area contributed by atoms with Crippen LogP contribution >= 0.6 is 0 Å². The van der Waals surface area contributed by atoms with Crippen LogP contribution in [0.1, 0.15) is 56.3 Å². The Morgan fingerprint density at radius 2 is 1.91 bits per heavy atom. The minimum atomic E-state index is -1.27. The predicted octanol–water partition coefficient (Wildman–Crippen LogP) is 2.68. The zero-order valence-corrected chi connectivity index (χ0v) is 18.1. The maximum atomic E-state index is 15.5. The van der Waals surface area contributed by atoms with E-state index in [2.05, 4.69) is 16.0 Å². The first-order chi connectivity index (χ1) is 15.2. The van der Waals surface area contributed by atoms with Gasteiger partial charge in [0.1, 0.15) is 12.1 Å². The average molecular weight is 446 g/mol. The summed E-state index contributed by atoms with van der Waals surface area (Å²) in [6, 6.07) is 1.61. The van der Waals surface area contributed by atoms with Crippen LogP contribution in [0.2, 0.25) is 0 Å². The number of carbonyl (C=O) groups is 3. The number of aliphatic carboxylic acids is 1. The first kappa shape index (κ1) is 23.2. The quantitative estimate of drug-likeness (QED) is 0.518. The second-order valence-electron chi connectivity index (χ2n) is 7.90. The molecule has 172 valence electrons. The van der Waals surface area contributed by atoms with Gasteiger partial charge in [-0.2, -0.15) is 0 Å². The second-order valence-corrected chi connectivity index (χ2v) is 7.90. The lowest BCUT2D eigenvalue weighted by molar-refractivity contribution is -0.135. The van der Waals surface area contributed by atoms with Crippen LogP contribution in [0.15, 0.2) is 17.1 Å². The van der Waals surface area contributed by atoms with Gasteiger partial charge in [0.05, 0.1) is 22.3 Å². The molecular formula is C22H27FN4O5. The molecule has 2 aromatic rings. The number of carboxylic acids is 1. The molecule has 4 N–H and O–H groups in total. The van der Waals surface area contributed by atoms with Gasteiger partial charge in [0.25, 0.3) is 5.91 Å². The zero-order valence-electron chi connectivity index (χ0n) is 18.1. The molecular weight excluding hydrogens is 419 g/mol. The zero-order chi connectivity index (χ0) is 23.4. The lowest BCUT2D eigenvalue weighted by Crippen LogP contribution is -2.33.